The fraction of sp³-hybridized carbons (Fsp3) is 0.875. The molecular formula is C8H12F5NO. The van der Waals surface area contributed by atoms with Gasteiger partial charge in [-0.3, -0.25) is 4.79 Å². The van der Waals surface area contributed by atoms with Crippen LogP contribution >= 0.6 is 0 Å². The average Bonchev–Trinajstić information content (AvgIpc) is 2.01. The van der Waals surface area contributed by atoms with Crippen LogP contribution in [0.1, 0.15) is 20.3 Å². The monoisotopic (exact) mass is 233 g/mol. The summed E-state index contributed by atoms with van der Waals surface area (Å²) in [6.45, 7) is 3.32. The van der Waals surface area contributed by atoms with E-state index in [-0.39, 0.29) is 12.5 Å². The lowest BCUT2D eigenvalue weighted by atomic mass is 10.1. The number of hydrogen-bond donors (Lipinski definition) is 1. The van der Waals surface area contributed by atoms with Gasteiger partial charge in [0.05, 0.1) is 0 Å². The highest BCUT2D eigenvalue weighted by molar-refractivity contribution is 5.84. The van der Waals surface area contributed by atoms with E-state index in [1.165, 1.54) is 0 Å². The molecule has 0 atom stereocenters. The summed E-state index contributed by atoms with van der Waals surface area (Å²) >= 11 is 0. The highest BCUT2D eigenvalue weighted by atomic mass is 19.4. The Morgan fingerprint density at radius 1 is 1.20 bits per heavy atom. The molecule has 0 aromatic carbocycles. The number of alkyl halides is 5. The second-order valence-corrected chi connectivity index (χ2v) is 3.51. The standard InChI is InChI=1S/C8H12F5NO/c1-5(2)3-4-14-6(15)7(9,10)8(11,12)13/h5H,3-4H2,1-2H3,(H,14,15). The summed E-state index contributed by atoms with van der Waals surface area (Å²) in [7, 11) is 0. The Balaban J connectivity index is 4.21. The van der Waals surface area contributed by atoms with Crippen molar-refractivity contribution in [2.75, 3.05) is 6.54 Å². The fourth-order valence-electron chi connectivity index (χ4n) is 0.714. The Morgan fingerprint density at radius 2 is 1.67 bits per heavy atom. The third-order valence-electron chi connectivity index (χ3n) is 1.65. The Morgan fingerprint density at radius 3 is 2.00 bits per heavy atom. The molecule has 0 spiro atoms. The quantitative estimate of drug-likeness (QED) is 0.742. The van der Waals surface area contributed by atoms with E-state index in [0.717, 1.165) is 0 Å². The first-order valence-electron chi connectivity index (χ1n) is 4.32. The third-order valence-corrected chi connectivity index (χ3v) is 1.65. The number of carbonyl (C=O) groups excluding carboxylic acids is 1. The van der Waals surface area contributed by atoms with Crippen molar-refractivity contribution in [2.24, 2.45) is 5.92 Å². The zero-order valence-electron chi connectivity index (χ0n) is 8.29. The summed E-state index contributed by atoms with van der Waals surface area (Å²) in [5, 5.41) is 1.55. The molecule has 0 aliphatic rings. The first-order chi connectivity index (χ1) is 6.59. The third kappa shape index (κ3) is 4.01. The Hall–Kier alpha value is -0.880. The molecule has 0 unspecified atom stereocenters. The summed E-state index contributed by atoms with van der Waals surface area (Å²) in [6, 6.07) is 0. The second-order valence-electron chi connectivity index (χ2n) is 3.51. The molecule has 7 heteroatoms. The number of nitrogens with one attached hydrogen (secondary N) is 1. The molecule has 0 aliphatic heterocycles. The predicted octanol–water partition coefficient (Wildman–Crippen LogP) is 2.35. The molecule has 90 valence electrons. The van der Waals surface area contributed by atoms with Gasteiger partial charge in [0.15, 0.2) is 0 Å². The van der Waals surface area contributed by atoms with Gasteiger partial charge in [-0.15, -0.1) is 0 Å². The molecule has 1 amide bonds. The van der Waals surface area contributed by atoms with E-state index >= 15 is 0 Å². The number of carbonyl (C=O) groups is 1. The maximum Gasteiger partial charge on any atom is 0.463 e. The van der Waals surface area contributed by atoms with Crippen molar-refractivity contribution in [3.05, 3.63) is 0 Å². The van der Waals surface area contributed by atoms with Gasteiger partial charge < -0.3 is 5.32 Å². The van der Waals surface area contributed by atoms with Crippen molar-refractivity contribution in [2.45, 2.75) is 32.4 Å². The zero-order valence-corrected chi connectivity index (χ0v) is 8.29. The van der Waals surface area contributed by atoms with Gasteiger partial charge in [0.25, 0.3) is 5.91 Å². The van der Waals surface area contributed by atoms with Crippen molar-refractivity contribution in [1.29, 1.82) is 0 Å². The van der Waals surface area contributed by atoms with Crippen molar-refractivity contribution in [1.82, 2.24) is 5.32 Å². The van der Waals surface area contributed by atoms with Gasteiger partial charge in [0.2, 0.25) is 0 Å². The van der Waals surface area contributed by atoms with Crippen LogP contribution < -0.4 is 5.32 Å². The van der Waals surface area contributed by atoms with Crippen molar-refractivity contribution in [3.8, 4) is 0 Å². The highest BCUT2D eigenvalue weighted by Crippen LogP contribution is 2.35. The van der Waals surface area contributed by atoms with Crippen LogP contribution in [-0.4, -0.2) is 24.6 Å². The lowest BCUT2D eigenvalue weighted by Crippen LogP contribution is -2.50. The first kappa shape index (κ1) is 14.1. The van der Waals surface area contributed by atoms with E-state index in [1.54, 1.807) is 19.2 Å². The zero-order chi connectivity index (χ0) is 12.3. The Bertz CT molecular complexity index is 224. The maximum atomic E-state index is 12.3. The van der Waals surface area contributed by atoms with E-state index in [9.17, 15) is 26.7 Å². The molecule has 0 heterocycles. The molecule has 0 aliphatic carbocycles. The normalized spacial score (nSPS) is 13.1. The van der Waals surface area contributed by atoms with Crippen LogP contribution in [0.3, 0.4) is 0 Å². The minimum absolute atomic E-state index is 0.116. The van der Waals surface area contributed by atoms with E-state index in [2.05, 4.69) is 0 Å². The molecule has 0 aromatic rings. The Kier molecular flexibility index (Phi) is 4.48. The summed E-state index contributed by atoms with van der Waals surface area (Å²) in [4.78, 5) is 10.5. The molecule has 15 heavy (non-hydrogen) atoms. The van der Waals surface area contributed by atoms with Crippen LogP contribution in [0, 0.1) is 5.92 Å². The molecule has 0 fully saturated rings. The summed E-state index contributed by atoms with van der Waals surface area (Å²) in [6.07, 6.45) is -5.49. The van der Waals surface area contributed by atoms with E-state index in [0.29, 0.717) is 6.42 Å². The summed E-state index contributed by atoms with van der Waals surface area (Å²) in [5.74, 6) is -7.50. The first-order valence-corrected chi connectivity index (χ1v) is 4.32. The van der Waals surface area contributed by atoms with Gasteiger partial charge in [-0.25, -0.2) is 0 Å². The largest absolute Gasteiger partial charge is 0.463 e. The average molecular weight is 233 g/mol. The lowest BCUT2D eigenvalue weighted by molar-refractivity contribution is -0.269. The van der Waals surface area contributed by atoms with Crippen LogP contribution in [0.4, 0.5) is 22.0 Å². The van der Waals surface area contributed by atoms with Crippen LogP contribution in [0.2, 0.25) is 0 Å². The van der Waals surface area contributed by atoms with Gasteiger partial charge >= 0.3 is 12.1 Å². The highest BCUT2D eigenvalue weighted by Gasteiger charge is 2.63. The molecule has 0 rings (SSSR count). The summed E-state index contributed by atoms with van der Waals surface area (Å²) < 4.78 is 59.6. The maximum absolute atomic E-state index is 12.3. The molecule has 0 aromatic heterocycles. The fourth-order valence-corrected chi connectivity index (χ4v) is 0.714. The molecule has 0 saturated carbocycles. The molecule has 2 nitrogen and oxygen atoms in total. The lowest BCUT2D eigenvalue weighted by Gasteiger charge is -2.18. The SMILES string of the molecule is CC(C)CCNC(=O)C(F)(F)C(F)(F)F. The summed E-state index contributed by atoms with van der Waals surface area (Å²) in [5.41, 5.74) is 0. The minimum Gasteiger partial charge on any atom is -0.351 e. The molecule has 0 saturated heterocycles. The number of amides is 1. The van der Waals surface area contributed by atoms with Gasteiger partial charge in [-0.2, -0.15) is 22.0 Å². The van der Waals surface area contributed by atoms with Gasteiger partial charge in [-0.1, -0.05) is 13.8 Å². The van der Waals surface area contributed by atoms with Gasteiger partial charge in [-0.05, 0) is 12.3 Å². The minimum atomic E-state index is -5.84. The van der Waals surface area contributed by atoms with E-state index in [1.807, 2.05) is 0 Å². The number of halogens is 5. The second kappa shape index (κ2) is 4.76. The van der Waals surface area contributed by atoms with E-state index in [4.69, 9.17) is 0 Å². The predicted molar refractivity (Wildman–Crippen MR) is 43.5 cm³/mol. The van der Waals surface area contributed by atoms with Crippen molar-refractivity contribution >= 4 is 5.91 Å². The molecule has 1 N–H and O–H groups in total. The van der Waals surface area contributed by atoms with Crippen LogP contribution in [-0.2, 0) is 4.79 Å². The molecule has 0 radical (unpaired) electrons. The van der Waals surface area contributed by atoms with Gasteiger partial charge in [0, 0.05) is 6.54 Å². The molecular weight excluding hydrogens is 221 g/mol. The number of hydrogen-bond acceptors (Lipinski definition) is 1. The smallest absolute Gasteiger partial charge is 0.351 e. The van der Waals surface area contributed by atoms with Crippen LogP contribution in [0.15, 0.2) is 0 Å². The van der Waals surface area contributed by atoms with Gasteiger partial charge in [0.1, 0.15) is 0 Å². The Labute approximate surface area is 83.8 Å². The van der Waals surface area contributed by atoms with Crippen LogP contribution in [0.5, 0.6) is 0 Å². The topological polar surface area (TPSA) is 29.1 Å². The van der Waals surface area contributed by atoms with Crippen LogP contribution in [0.25, 0.3) is 0 Å². The van der Waals surface area contributed by atoms with E-state index < -0.39 is 18.0 Å². The molecule has 0 bridgehead atoms. The van der Waals surface area contributed by atoms with Crippen molar-refractivity contribution in [3.63, 3.8) is 0 Å². The number of rotatable bonds is 4. The van der Waals surface area contributed by atoms with Crippen molar-refractivity contribution < 1.29 is 26.7 Å².